The summed E-state index contributed by atoms with van der Waals surface area (Å²) in [4.78, 5) is 22.2. The zero-order chi connectivity index (χ0) is 21.2. The Morgan fingerprint density at radius 2 is 1.74 bits per heavy atom. The second kappa shape index (κ2) is 8.36. The number of ether oxygens (including phenoxy) is 1. The minimum atomic E-state index is -0.0220. The van der Waals surface area contributed by atoms with E-state index in [1.54, 1.807) is 11.1 Å². The lowest BCUT2D eigenvalue weighted by molar-refractivity contribution is 0.0786. The number of anilines is 1. The fourth-order valence-corrected chi connectivity index (χ4v) is 4.38. The lowest BCUT2D eigenvalue weighted by atomic mass is 10.00. The molecule has 0 saturated carbocycles. The van der Waals surface area contributed by atoms with E-state index in [9.17, 15) is 4.79 Å². The van der Waals surface area contributed by atoms with Crippen molar-refractivity contribution in [3.63, 3.8) is 0 Å². The van der Waals surface area contributed by atoms with Crippen molar-refractivity contribution in [3.8, 4) is 0 Å². The zero-order valence-corrected chi connectivity index (χ0v) is 17.6. The lowest BCUT2D eigenvalue weighted by Gasteiger charge is -2.31. The molecule has 2 heterocycles. The van der Waals surface area contributed by atoms with Crippen molar-refractivity contribution >= 4 is 33.3 Å². The molecule has 4 aromatic rings. The summed E-state index contributed by atoms with van der Waals surface area (Å²) in [7, 11) is 1.86. The second-order valence-electron chi connectivity index (χ2n) is 7.93. The first-order valence-corrected chi connectivity index (χ1v) is 10.6. The highest BCUT2D eigenvalue weighted by Gasteiger charge is 2.20. The molecule has 5 heteroatoms. The molecule has 0 spiro atoms. The van der Waals surface area contributed by atoms with Gasteiger partial charge in [0.05, 0.1) is 24.3 Å². The normalized spacial score (nSPS) is 14.2. The van der Waals surface area contributed by atoms with Crippen LogP contribution in [-0.2, 0) is 11.3 Å². The van der Waals surface area contributed by atoms with E-state index < -0.39 is 0 Å². The number of carbonyl (C=O) groups is 1. The molecule has 3 aromatic carbocycles. The van der Waals surface area contributed by atoms with Crippen LogP contribution >= 0.6 is 0 Å². The van der Waals surface area contributed by atoms with E-state index in [2.05, 4.69) is 34.1 Å². The van der Waals surface area contributed by atoms with Crippen LogP contribution in [0.25, 0.3) is 21.7 Å². The van der Waals surface area contributed by atoms with Crippen molar-refractivity contribution < 1.29 is 9.53 Å². The van der Waals surface area contributed by atoms with Crippen LogP contribution in [0.1, 0.15) is 15.9 Å². The van der Waals surface area contributed by atoms with Crippen LogP contribution in [-0.4, -0.2) is 49.1 Å². The summed E-state index contributed by atoms with van der Waals surface area (Å²) in [6.07, 6.45) is 1.75. The van der Waals surface area contributed by atoms with Gasteiger partial charge in [-0.1, -0.05) is 48.5 Å². The van der Waals surface area contributed by atoms with Crippen LogP contribution in [0.4, 0.5) is 5.69 Å². The molecule has 5 rings (SSSR count). The summed E-state index contributed by atoms with van der Waals surface area (Å²) in [6, 6.07) is 22.4. The Hall–Kier alpha value is -3.44. The molecule has 0 N–H and O–H groups in total. The summed E-state index contributed by atoms with van der Waals surface area (Å²) >= 11 is 0. The minimum Gasteiger partial charge on any atom is -0.378 e. The first-order chi connectivity index (χ1) is 15.2. The number of nitrogens with zero attached hydrogens (tertiary/aromatic N) is 3. The summed E-state index contributed by atoms with van der Waals surface area (Å²) < 4.78 is 5.50. The number of pyridine rings is 1. The van der Waals surface area contributed by atoms with E-state index >= 15 is 0 Å². The maximum atomic E-state index is 13.5. The predicted molar refractivity (Wildman–Crippen MR) is 125 cm³/mol. The van der Waals surface area contributed by atoms with Gasteiger partial charge in [-0.05, 0) is 34.5 Å². The molecular weight excluding hydrogens is 386 g/mol. The standard InChI is InChI=1S/C26H25N3O2/c1-28(18-20-8-3-5-11-24(20)29-13-15-31-16-14-29)26(30)23-17-19-7-2-4-9-21(19)22-10-6-12-27-25(22)23/h2-12,17H,13-16,18H2,1H3. The van der Waals surface area contributed by atoms with Crippen LogP contribution in [0.15, 0.2) is 72.9 Å². The first kappa shape index (κ1) is 19.5. The Morgan fingerprint density at radius 1 is 1.00 bits per heavy atom. The summed E-state index contributed by atoms with van der Waals surface area (Å²) in [5, 5.41) is 3.17. The quantitative estimate of drug-likeness (QED) is 0.464. The van der Waals surface area contributed by atoms with Crippen LogP contribution in [0.2, 0.25) is 0 Å². The molecule has 1 fully saturated rings. The molecule has 0 atom stereocenters. The van der Waals surface area contributed by atoms with Gasteiger partial charge in [-0.25, -0.2) is 0 Å². The molecule has 0 bridgehead atoms. The Labute approximate surface area is 181 Å². The molecular formula is C26H25N3O2. The van der Waals surface area contributed by atoms with Gasteiger partial charge in [-0.15, -0.1) is 0 Å². The van der Waals surface area contributed by atoms with Crippen molar-refractivity contribution in [2.75, 3.05) is 38.3 Å². The number of aromatic nitrogens is 1. The Bertz CT molecular complexity index is 1250. The maximum Gasteiger partial charge on any atom is 0.256 e. The monoisotopic (exact) mass is 411 g/mol. The van der Waals surface area contributed by atoms with Crippen molar-refractivity contribution in [2.45, 2.75) is 6.54 Å². The van der Waals surface area contributed by atoms with E-state index in [0.29, 0.717) is 12.1 Å². The summed E-state index contributed by atoms with van der Waals surface area (Å²) in [5.74, 6) is -0.0220. The van der Waals surface area contributed by atoms with Crippen molar-refractivity contribution in [1.82, 2.24) is 9.88 Å². The molecule has 31 heavy (non-hydrogen) atoms. The van der Waals surface area contributed by atoms with E-state index in [1.165, 1.54) is 5.69 Å². The van der Waals surface area contributed by atoms with Gasteiger partial charge in [0.25, 0.3) is 5.91 Å². The fraction of sp³-hybridized carbons (Fsp3) is 0.231. The highest BCUT2D eigenvalue weighted by Crippen LogP contribution is 2.29. The van der Waals surface area contributed by atoms with Gasteiger partial charge >= 0.3 is 0 Å². The molecule has 1 amide bonds. The van der Waals surface area contributed by atoms with Crippen molar-refractivity contribution in [1.29, 1.82) is 0 Å². The summed E-state index contributed by atoms with van der Waals surface area (Å²) in [5.41, 5.74) is 3.70. The van der Waals surface area contributed by atoms with E-state index in [-0.39, 0.29) is 5.91 Å². The number of para-hydroxylation sites is 1. The Kier molecular flexibility index (Phi) is 5.26. The number of rotatable bonds is 4. The predicted octanol–water partition coefficient (Wildman–Crippen LogP) is 4.50. The van der Waals surface area contributed by atoms with Crippen molar-refractivity contribution in [3.05, 3.63) is 84.1 Å². The highest BCUT2D eigenvalue weighted by atomic mass is 16.5. The number of hydrogen-bond acceptors (Lipinski definition) is 4. The molecule has 0 unspecified atom stereocenters. The lowest BCUT2D eigenvalue weighted by Crippen LogP contribution is -2.37. The van der Waals surface area contributed by atoms with Gasteiger partial charge in [-0.3, -0.25) is 9.78 Å². The van der Waals surface area contributed by atoms with Gasteiger partial charge < -0.3 is 14.5 Å². The Morgan fingerprint density at radius 3 is 2.61 bits per heavy atom. The van der Waals surface area contributed by atoms with E-state index in [1.807, 2.05) is 49.5 Å². The molecule has 0 radical (unpaired) electrons. The number of morpholine rings is 1. The van der Waals surface area contributed by atoms with Crippen LogP contribution in [0.5, 0.6) is 0 Å². The average molecular weight is 412 g/mol. The second-order valence-corrected chi connectivity index (χ2v) is 7.93. The maximum absolute atomic E-state index is 13.5. The smallest absolute Gasteiger partial charge is 0.256 e. The highest BCUT2D eigenvalue weighted by molar-refractivity contribution is 6.15. The SMILES string of the molecule is CN(Cc1ccccc1N1CCOCC1)C(=O)c1cc2ccccc2c2cccnc12. The molecule has 156 valence electrons. The number of amides is 1. The van der Waals surface area contributed by atoms with Gasteiger partial charge in [0, 0.05) is 44.0 Å². The summed E-state index contributed by atoms with van der Waals surface area (Å²) in [6.45, 7) is 3.74. The largest absolute Gasteiger partial charge is 0.378 e. The van der Waals surface area contributed by atoms with Gasteiger partial charge in [0.15, 0.2) is 0 Å². The van der Waals surface area contributed by atoms with Gasteiger partial charge in [0.1, 0.15) is 0 Å². The van der Waals surface area contributed by atoms with E-state index in [0.717, 1.165) is 53.5 Å². The third-order valence-electron chi connectivity index (χ3n) is 5.94. The molecule has 1 aliphatic heterocycles. The number of fused-ring (bicyclic) bond motifs is 3. The molecule has 1 aliphatic rings. The fourth-order valence-electron chi connectivity index (χ4n) is 4.38. The first-order valence-electron chi connectivity index (χ1n) is 10.6. The number of carbonyl (C=O) groups excluding carboxylic acids is 1. The van der Waals surface area contributed by atoms with Gasteiger partial charge in [0.2, 0.25) is 0 Å². The van der Waals surface area contributed by atoms with Crippen LogP contribution in [0.3, 0.4) is 0 Å². The average Bonchev–Trinajstić information content (AvgIpc) is 2.84. The topological polar surface area (TPSA) is 45.7 Å². The molecule has 0 aliphatic carbocycles. The number of hydrogen-bond donors (Lipinski definition) is 0. The van der Waals surface area contributed by atoms with Gasteiger partial charge in [-0.2, -0.15) is 0 Å². The van der Waals surface area contributed by atoms with Crippen LogP contribution in [0, 0.1) is 0 Å². The number of benzene rings is 3. The van der Waals surface area contributed by atoms with Crippen LogP contribution < -0.4 is 4.90 Å². The van der Waals surface area contributed by atoms with E-state index in [4.69, 9.17) is 4.74 Å². The third-order valence-corrected chi connectivity index (χ3v) is 5.94. The minimum absolute atomic E-state index is 0.0220. The Balaban J connectivity index is 1.49. The molecule has 5 nitrogen and oxygen atoms in total. The third kappa shape index (κ3) is 3.73. The zero-order valence-electron chi connectivity index (χ0n) is 17.6. The van der Waals surface area contributed by atoms with Crippen molar-refractivity contribution in [2.24, 2.45) is 0 Å². The molecule has 1 saturated heterocycles. The molecule has 1 aromatic heterocycles.